The summed E-state index contributed by atoms with van der Waals surface area (Å²) in [5.74, 6) is 0. The topological polar surface area (TPSA) is 30.7 Å². The van der Waals surface area contributed by atoms with E-state index < -0.39 is 0 Å². The summed E-state index contributed by atoms with van der Waals surface area (Å²) in [7, 11) is 0. The van der Waals surface area contributed by atoms with Gasteiger partial charge in [0.2, 0.25) is 0 Å². The molecule has 3 aromatic heterocycles. The SMILES string of the molecule is c1ccc(-c2ccc(-n3c4cc(-c5cccnc5)ccc4c4ccc5cc(-c6cccnc6)ccc5c43)cc2)cc1. The molecular weight excluding hydrogens is 498 g/mol. The third-order valence-electron chi connectivity index (χ3n) is 7.97. The van der Waals surface area contributed by atoms with Crippen LogP contribution in [0.15, 0.2) is 152 Å². The van der Waals surface area contributed by atoms with Gasteiger partial charge in [-0.05, 0) is 64.0 Å². The fourth-order valence-corrected chi connectivity index (χ4v) is 5.96. The van der Waals surface area contributed by atoms with Crippen molar-refractivity contribution in [3.63, 3.8) is 0 Å². The molecule has 0 saturated heterocycles. The van der Waals surface area contributed by atoms with Crippen LogP contribution >= 0.6 is 0 Å². The summed E-state index contributed by atoms with van der Waals surface area (Å²) in [6, 6.07) is 45.7. The summed E-state index contributed by atoms with van der Waals surface area (Å²) >= 11 is 0. The van der Waals surface area contributed by atoms with Crippen molar-refractivity contribution in [3.8, 4) is 39.1 Å². The molecule has 0 unspecified atom stereocenters. The molecule has 192 valence electrons. The van der Waals surface area contributed by atoms with Gasteiger partial charge in [-0.15, -0.1) is 0 Å². The Labute approximate surface area is 238 Å². The van der Waals surface area contributed by atoms with E-state index in [9.17, 15) is 0 Å². The first-order valence-corrected chi connectivity index (χ1v) is 13.8. The van der Waals surface area contributed by atoms with Gasteiger partial charge in [0.15, 0.2) is 0 Å². The molecule has 0 aliphatic carbocycles. The Kier molecular flexibility index (Phi) is 5.46. The number of benzene rings is 5. The molecule has 3 heteroatoms. The molecule has 8 aromatic rings. The zero-order valence-electron chi connectivity index (χ0n) is 22.3. The van der Waals surface area contributed by atoms with Crippen molar-refractivity contribution >= 4 is 32.6 Å². The Morgan fingerprint density at radius 3 is 1.68 bits per heavy atom. The van der Waals surface area contributed by atoms with Gasteiger partial charge in [0, 0.05) is 57.8 Å². The summed E-state index contributed by atoms with van der Waals surface area (Å²) in [6.45, 7) is 0. The molecule has 0 radical (unpaired) electrons. The molecule has 0 spiro atoms. The Bertz CT molecular complexity index is 2160. The van der Waals surface area contributed by atoms with Crippen LogP contribution in [-0.2, 0) is 0 Å². The van der Waals surface area contributed by atoms with Gasteiger partial charge >= 0.3 is 0 Å². The van der Waals surface area contributed by atoms with E-state index in [1.54, 1.807) is 0 Å². The maximum Gasteiger partial charge on any atom is 0.0619 e. The van der Waals surface area contributed by atoms with Gasteiger partial charge in [0.25, 0.3) is 0 Å². The van der Waals surface area contributed by atoms with E-state index in [0.29, 0.717) is 0 Å². The quantitative estimate of drug-likeness (QED) is 0.230. The van der Waals surface area contributed by atoms with Crippen LogP contribution in [0.2, 0.25) is 0 Å². The average molecular weight is 524 g/mol. The molecule has 5 aromatic carbocycles. The fraction of sp³-hybridized carbons (Fsp3) is 0. The van der Waals surface area contributed by atoms with Crippen molar-refractivity contribution in [2.45, 2.75) is 0 Å². The average Bonchev–Trinajstić information content (AvgIpc) is 3.40. The molecular formula is C38H25N3. The van der Waals surface area contributed by atoms with Crippen LogP contribution in [0.5, 0.6) is 0 Å². The lowest BCUT2D eigenvalue weighted by atomic mass is 10.00. The predicted octanol–water partition coefficient (Wildman–Crippen LogP) is 9.73. The lowest BCUT2D eigenvalue weighted by Crippen LogP contribution is -1.95. The first-order valence-electron chi connectivity index (χ1n) is 13.8. The van der Waals surface area contributed by atoms with Crippen molar-refractivity contribution in [1.29, 1.82) is 0 Å². The van der Waals surface area contributed by atoms with E-state index in [1.807, 2.05) is 36.9 Å². The van der Waals surface area contributed by atoms with Crippen LogP contribution in [0.1, 0.15) is 0 Å². The van der Waals surface area contributed by atoms with Gasteiger partial charge in [0.1, 0.15) is 0 Å². The van der Waals surface area contributed by atoms with Crippen molar-refractivity contribution < 1.29 is 0 Å². The maximum absolute atomic E-state index is 4.37. The highest BCUT2D eigenvalue weighted by atomic mass is 15.0. The molecule has 8 rings (SSSR count). The van der Waals surface area contributed by atoms with Crippen molar-refractivity contribution in [2.75, 3.05) is 0 Å². The molecule has 0 aliphatic heterocycles. The first kappa shape index (κ1) is 23.4. The van der Waals surface area contributed by atoms with Crippen LogP contribution in [-0.4, -0.2) is 14.5 Å². The van der Waals surface area contributed by atoms with Gasteiger partial charge < -0.3 is 4.57 Å². The van der Waals surface area contributed by atoms with Crippen LogP contribution < -0.4 is 0 Å². The van der Waals surface area contributed by atoms with Gasteiger partial charge in [-0.2, -0.15) is 0 Å². The largest absolute Gasteiger partial charge is 0.309 e. The lowest BCUT2D eigenvalue weighted by molar-refractivity contribution is 1.19. The number of nitrogens with zero attached hydrogens (tertiary/aromatic N) is 3. The van der Waals surface area contributed by atoms with E-state index in [2.05, 4.69) is 130 Å². The number of rotatable bonds is 4. The first-order chi connectivity index (χ1) is 20.3. The summed E-state index contributed by atoms with van der Waals surface area (Å²) in [6.07, 6.45) is 7.48. The van der Waals surface area contributed by atoms with E-state index in [1.165, 1.54) is 49.3 Å². The normalized spacial score (nSPS) is 11.4. The Hall–Kier alpha value is -5.54. The van der Waals surface area contributed by atoms with Crippen molar-refractivity contribution in [3.05, 3.63) is 152 Å². The minimum Gasteiger partial charge on any atom is -0.309 e. The van der Waals surface area contributed by atoms with Crippen LogP contribution in [0.25, 0.3) is 71.6 Å². The number of hydrogen-bond donors (Lipinski definition) is 0. The van der Waals surface area contributed by atoms with E-state index in [0.717, 1.165) is 22.4 Å². The highest BCUT2D eigenvalue weighted by Gasteiger charge is 2.17. The van der Waals surface area contributed by atoms with E-state index >= 15 is 0 Å². The second-order valence-corrected chi connectivity index (χ2v) is 10.4. The van der Waals surface area contributed by atoms with Crippen molar-refractivity contribution in [1.82, 2.24) is 14.5 Å². The number of hydrogen-bond acceptors (Lipinski definition) is 2. The maximum atomic E-state index is 4.37. The Morgan fingerprint density at radius 2 is 1.00 bits per heavy atom. The smallest absolute Gasteiger partial charge is 0.0619 e. The molecule has 41 heavy (non-hydrogen) atoms. The van der Waals surface area contributed by atoms with Gasteiger partial charge in [-0.25, -0.2) is 0 Å². The standard InChI is InChI=1S/C38H25N3/c1-2-6-26(7-3-1)27-10-15-33(16-11-27)41-37-23-29(32-9-5-21-40-25-32)13-18-35(37)36-19-14-30-22-28(12-17-34(30)38(36)41)31-8-4-20-39-24-31/h1-25H. The van der Waals surface area contributed by atoms with Gasteiger partial charge in [0.05, 0.1) is 11.0 Å². The molecule has 0 bridgehead atoms. The lowest BCUT2D eigenvalue weighted by Gasteiger charge is -2.12. The van der Waals surface area contributed by atoms with Crippen LogP contribution in [0.4, 0.5) is 0 Å². The molecule has 0 aliphatic rings. The predicted molar refractivity (Wildman–Crippen MR) is 170 cm³/mol. The summed E-state index contributed by atoms with van der Waals surface area (Å²) in [4.78, 5) is 8.69. The summed E-state index contributed by atoms with van der Waals surface area (Å²) in [5, 5.41) is 4.90. The zero-order valence-corrected chi connectivity index (χ0v) is 22.3. The number of aromatic nitrogens is 3. The Balaban J connectivity index is 1.40. The summed E-state index contributed by atoms with van der Waals surface area (Å²) < 4.78 is 2.42. The number of pyridine rings is 2. The second-order valence-electron chi connectivity index (χ2n) is 10.4. The van der Waals surface area contributed by atoms with E-state index in [-0.39, 0.29) is 0 Å². The second kappa shape index (κ2) is 9.58. The van der Waals surface area contributed by atoms with Gasteiger partial charge in [-0.3, -0.25) is 9.97 Å². The third kappa shape index (κ3) is 3.98. The number of fused-ring (bicyclic) bond motifs is 5. The minimum absolute atomic E-state index is 1.11. The molecule has 3 heterocycles. The van der Waals surface area contributed by atoms with Crippen LogP contribution in [0.3, 0.4) is 0 Å². The zero-order chi connectivity index (χ0) is 27.2. The van der Waals surface area contributed by atoms with Crippen molar-refractivity contribution in [2.24, 2.45) is 0 Å². The van der Waals surface area contributed by atoms with Crippen LogP contribution in [0, 0.1) is 0 Å². The molecule has 0 N–H and O–H groups in total. The fourth-order valence-electron chi connectivity index (χ4n) is 5.96. The monoisotopic (exact) mass is 523 g/mol. The third-order valence-corrected chi connectivity index (χ3v) is 7.97. The molecule has 0 saturated carbocycles. The molecule has 0 amide bonds. The molecule has 0 atom stereocenters. The summed E-state index contributed by atoms with van der Waals surface area (Å²) in [5.41, 5.74) is 10.5. The Morgan fingerprint density at radius 1 is 0.415 bits per heavy atom. The molecule has 0 fully saturated rings. The highest BCUT2D eigenvalue weighted by molar-refractivity contribution is 6.19. The van der Waals surface area contributed by atoms with E-state index in [4.69, 9.17) is 0 Å². The highest BCUT2D eigenvalue weighted by Crippen LogP contribution is 2.39. The van der Waals surface area contributed by atoms with Gasteiger partial charge in [-0.1, -0.05) is 91.0 Å². The minimum atomic E-state index is 1.11. The molecule has 3 nitrogen and oxygen atoms in total.